The Morgan fingerprint density at radius 2 is 1.06 bits per heavy atom. The van der Waals surface area contributed by atoms with Gasteiger partial charge in [0.25, 0.3) is 0 Å². The molecule has 1 aliphatic carbocycles. The Balaban J connectivity index is 0.000000147. The molecule has 5 aliphatic heterocycles. The van der Waals surface area contributed by atoms with E-state index in [4.69, 9.17) is 16.6 Å². The highest BCUT2D eigenvalue weighted by Crippen LogP contribution is 2.43. The van der Waals surface area contributed by atoms with E-state index < -0.39 is 24.2 Å². The molecule has 9 heterocycles. The minimum atomic E-state index is -4.16. The van der Waals surface area contributed by atoms with Crippen LogP contribution in [0.4, 0.5) is 76.4 Å². The molecule has 10 rings (SSSR count). The number of urea groups is 2. The van der Waals surface area contributed by atoms with Gasteiger partial charge >= 0.3 is 24.4 Å². The van der Waals surface area contributed by atoms with Crippen LogP contribution in [0.5, 0.6) is 0 Å². The molecule has 0 radical (unpaired) electrons. The first-order valence-electron chi connectivity index (χ1n) is 21.0. The van der Waals surface area contributed by atoms with E-state index in [0.717, 1.165) is 69.7 Å². The van der Waals surface area contributed by atoms with Crippen LogP contribution >= 0.6 is 11.6 Å². The van der Waals surface area contributed by atoms with Crippen LogP contribution < -0.4 is 35.1 Å². The third-order valence-corrected chi connectivity index (χ3v) is 12.4. The predicted molar refractivity (Wildman–Crippen MR) is 225 cm³/mol. The maximum absolute atomic E-state index is 13.1. The lowest BCUT2D eigenvalue weighted by atomic mass is 9.89. The molecule has 15 nitrogen and oxygen atoms in total. The molecule has 1 saturated carbocycles. The van der Waals surface area contributed by atoms with Crippen LogP contribution in [0.3, 0.4) is 0 Å². The SMILES string of the molecule is FC(F)(F)C1CCCCC1.O=C(Nc1cnccn1)N1c2nc(Cl)ccc2N2CC[C@H]1C2.O=C(Nc1cnccn1)N1c2nc(N3CCC(C(F)(F)F)CC3)ccc2N2CC[C@H]1C2. The fourth-order valence-corrected chi connectivity index (χ4v) is 9.16. The van der Waals surface area contributed by atoms with E-state index in [1.165, 1.54) is 31.0 Å². The highest BCUT2D eigenvalue weighted by molar-refractivity contribution is 6.29. The third kappa shape index (κ3) is 10.1. The third-order valence-electron chi connectivity index (χ3n) is 12.2. The Hall–Kier alpha value is -5.73. The average molecular weight is 902 g/mol. The standard InChI is InChI=1S/C20H22F3N7O.C14H13ClN6O.C7H11F3/c21-20(22,23)13-3-8-28(9-4-13)17-2-1-15-18(27-17)30(14-5-10-29(15)12-14)19(31)26-16-11-24-6-7-25-16;15-11-2-1-10-13(18-11)21(9-3-6-20(10)8-9)14(22)19-12-7-16-4-5-17-12;8-7(9,10)6-4-2-1-3-5-6/h1-2,6-7,11,13-14H,3-5,8-10,12H2,(H,25,26,31);1-2,4-5,7,9H,3,6,8H2,(H,17,19,22);6H,1-5H2/t14-;9-;/m00./s1. The van der Waals surface area contributed by atoms with Crippen molar-refractivity contribution in [2.75, 3.05) is 74.4 Å². The van der Waals surface area contributed by atoms with Gasteiger partial charge in [0, 0.05) is 64.1 Å². The van der Waals surface area contributed by atoms with Crippen LogP contribution in [0.2, 0.25) is 5.15 Å². The van der Waals surface area contributed by atoms with E-state index >= 15 is 0 Å². The van der Waals surface area contributed by atoms with E-state index in [9.17, 15) is 35.9 Å². The highest BCUT2D eigenvalue weighted by atomic mass is 35.5. The lowest BCUT2D eigenvalue weighted by Gasteiger charge is -2.38. The quantitative estimate of drug-likeness (QED) is 0.150. The maximum atomic E-state index is 13.1. The molecule has 0 aromatic carbocycles. The van der Waals surface area contributed by atoms with Crippen molar-refractivity contribution in [2.24, 2.45) is 11.8 Å². The summed E-state index contributed by atoms with van der Waals surface area (Å²) in [6.45, 7) is 3.84. The number of nitrogens with zero attached hydrogens (tertiary/aromatic N) is 11. The first-order chi connectivity index (χ1) is 30.2. The number of carbonyl (C=O) groups is 2. The zero-order valence-corrected chi connectivity index (χ0v) is 34.8. The zero-order valence-electron chi connectivity index (χ0n) is 34.1. The van der Waals surface area contributed by atoms with Gasteiger partial charge in [0.2, 0.25) is 0 Å². The Kier molecular flexibility index (Phi) is 12.9. The molecule has 4 bridgehead atoms. The van der Waals surface area contributed by atoms with Crippen molar-refractivity contribution < 1.29 is 35.9 Å². The number of pyridine rings is 2. The van der Waals surface area contributed by atoms with Crippen molar-refractivity contribution in [1.29, 1.82) is 0 Å². The number of fused-ring (bicyclic) bond motifs is 8. The van der Waals surface area contributed by atoms with E-state index in [0.29, 0.717) is 47.1 Å². The Morgan fingerprint density at radius 3 is 1.54 bits per heavy atom. The van der Waals surface area contributed by atoms with Crippen molar-refractivity contribution in [3.05, 3.63) is 66.6 Å². The van der Waals surface area contributed by atoms with Crippen molar-refractivity contribution in [2.45, 2.75) is 82.2 Å². The molecule has 4 amide bonds. The van der Waals surface area contributed by atoms with Gasteiger partial charge in [-0.1, -0.05) is 30.9 Å². The van der Waals surface area contributed by atoms with Crippen LogP contribution in [0.15, 0.2) is 61.4 Å². The number of rotatable bonds is 3. The van der Waals surface area contributed by atoms with Gasteiger partial charge in [0.05, 0.1) is 47.7 Å². The topological polar surface area (TPSA) is 152 Å². The number of nitrogens with one attached hydrogen (secondary N) is 2. The Morgan fingerprint density at radius 1 is 0.587 bits per heavy atom. The molecular weight excluding hydrogens is 856 g/mol. The molecule has 0 unspecified atom stereocenters. The maximum Gasteiger partial charge on any atom is 0.391 e. The van der Waals surface area contributed by atoms with E-state index in [-0.39, 0.29) is 50.1 Å². The van der Waals surface area contributed by atoms with Gasteiger partial charge < -0.3 is 14.7 Å². The average Bonchev–Trinajstić information content (AvgIpc) is 3.90. The summed E-state index contributed by atoms with van der Waals surface area (Å²) in [5.41, 5.74) is 1.80. The van der Waals surface area contributed by atoms with Crippen LogP contribution in [-0.4, -0.2) is 106 Å². The molecule has 2 atom stereocenters. The number of hydrogen-bond acceptors (Lipinski definition) is 11. The molecule has 336 valence electrons. The smallest absolute Gasteiger partial charge is 0.366 e. The Labute approximate surface area is 364 Å². The fourth-order valence-electron chi connectivity index (χ4n) is 9.02. The highest BCUT2D eigenvalue weighted by Gasteiger charge is 2.44. The van der Waals surface area contributed by atoms with Gasteiger partial charge in [-0.3, -0.25) is 30.4 Å². The molecule has 4 fully saturated rings. The summed E-state index contributed by atoms with van der Waals surface area (Å²) in [5.74, 6) is 0.225. The lowest BCUT2D eigenvalue weighted by molar-refractivity contribution is -0.181. The number of alkyl halides is 6. The normalized spacial score (nSPS) is 20.8. The van der Waals surface area contributed by atoms with Crippen LogP contribution in [-0.2, 0) is 0 Å². The van der Waals surface area contributed by atoms with E-state index in [2.05, 4.69) is 45.4 Å². The molecule has 0 spiro atoms. The number of anilines is 7. The van der Waals surface area contributed by atoms with Crippen molar-refractivity contribution >= 4 is 64.1 Å². The molecule has 2 N–H and O–H groups in total. The van der Waals surface area contributed by atoms with Gasteiger partial charge in [0.1, 0.15) is 11.0 Å². The van der Waals surface area contributed by atoms with Crippen molar-refractivity contribution in [3.8, 4) is 0 Å². The summed E-state index contributed by atoms with van der Waals surface area (Å²) in [5, 5.41) is 5.91. The molecule has 22 heteroatoms. The number of aromatic nitrogens is 6. The van der Waals surface area contributed by atoms with Crippen molar-refractivity contribution in [3.63, 3.8) is 0 Å². The molecule has 4 aromatic rings. The van der Waals surface area contributed by atoms with E-state index in [1.807, 2.05) is 23.1 Å². The number of carbonyl (C=O) groups excluding carboxylic acids is 2. The summed E-state index contributed by atoms with van der Waals surface area (Å²) < 4.78 is 74.8. The molecule has 3 saturated heterocycles. The van der Waals surface area contributed by atoms with Gasteiger partial charge in [0.15, 0.2) is 23.3 Å². The van der Waals surface area contributed by atoms with Crippen LogP contribution in [0.1, 0.15) is 57.8 Å². The van der Waals surface area contributed by atoms with Crippen molar-refractivity contribution in [1.82, 2.24) is 29.9 Å². The number of halogens is 7. The van der Waals surface area contributed by atoms with Crippen LogP contribution in [0.25, 0.3) is 0 Å². The minimum absolute atomic E-state index is 0.0251. The van der Waals surface area contributed by atoms with Gasteiger partial charge in [-0.2, -0.15) is 26.3 Å². The number of hydrogen-bond donors (Lipinski definition) is 2. The molecule has 63 heavy (non-hydrogen) atoms. The number of amides is 4. The van der Waals surface area contributed by atoms with Crippen LogP contribution in [0, 0.1) is 11.8 Å². The first kappa shape index (κ1) is 43.9. The molecule has 4 aromatic heterocycles. The summed E-state index contributed by atoms with van der Waals surface area (Å²) in [4.78, 5) is 60.6. The molecular formula is C41H46ClF6N13O2. The second-order valence-electron chi connectivity index (χ2n) is 16.2. The number of piperidine rings is 1. The first-order valence-corrected chi connectivity index (χ1v) is 21.4. The predicted octanol–water partition coefficient (Wildman–Crippen LogP) is 8.57. The molecule has 6 aliphatic rings. The summed E-state index contributed by atoms with van der Waals surface area (Å²) in [7, 11) is 0. The second kappa shape index (κ2) is 18.5. The Bertz CT molecular complexity index is 2210. The summed E-state index contributed by atoms with van der Waals surface area (Å²) >= 11 is 6.01. The monoisotopic (exact) mass is 901 g/mol. The zero-order chi connectivity index (χ0) is 44.3. The fraction of sp³-hybridized carbons (Fsp3) is 0.512. The minimum Gasteiger partial charge on any atom is -0.366 e. The van der Waals surface area contributed by atoms with Gasteiger partial charge in [-0.05, 0) is 62.8 Å². The second-order valence-corrected chi connectivity index (χ2v) is 16.6. The van der Waals surface area contributed by atoms with E-state index in [1.54, 1.807) is 22.1 Å². The summed E-state index contributed by atoms with van der Waals surface area (Å²) in [6, 6.07) is 6.88. The lowest BCUT2D eigenvalue weighted by Crippen LogP contribution is -2.48. The van der Waals surface area contributed by atoms with Gasteiger partial charge in [-0.25, -0.2) is 29.5 Å². The van der Waals surface area contributed by atoms with Gasteiger partial charge in [-0.15, -0.1) is 0 Å². The summed E-state index contributed by atoms with van der Waals surface area (Å²) in [6.07, 6.45) is 6.02. The largest absolute Gasteiger partial charge is 0.391 e.